The molecule has 0 heterocycles. The Labute approximate surface area is 271 Å². The second kappa shape index (κ2) is 10.7. The van der Waals surface area contributed by atoms with Crippen LogP contribution in [0.1, 0.15) is 43.4 Å². The van der Waals surface area contributed by atoms with E-state index in [9.17, 15) is 0 Å². The maximum atomic E-state index is 2.75. The van der Waals surface area contributed by atoms with Crippen molar-refractivity contribution in [3.8, 4) is 22.3 Å². The Balaban J connectivity index is 1.42. The molecule has 0 aliphatic heterocycles. The SMILES string of the molecule is CC1=Cc2c(-c3ccc([Si](C)(C)C)cc3)cccc2[CH]1[Zr]([CH3])([CH3])(=[SiH2])[CH]1C(C)=Cc2c(-c3ccc([Si](C)(C)C)cc3)cccc21. The van der Waals surface area contributed by atoms with Crippen LogP contribution in [-0.2, 0) is 17.4 Å². The molecule has 2 aliphatic rings. The van der Waals surface area contributed by atoms with Crippen molar-refractivity contribution in [2.75, 3.05) is 0 Å². The third kappa shape index (κ3) is 5.38. The first kappa shape index (κ1) is 31.9. The molecule has 0 aromatic heterocycles. The molecule has 6 rings (SSSR count). The average Bonchev–Trinajstić information content (AvgIpc) is 3.48. The van der Waals surface area contributed by atoms with Crippen molar-refractivity contribution in [1.82, 2.24) is 0 Å². The first-order chi connectivity index (χ1) is 20.5. The summed E-state index contributed by atoms with van der Waals surface area (Å²) in [6.45, 7) is 21.9. The topological polar surface area (TPSA) is 0 Å². The van der Waals surface area contributed by atoms with E-state index in [1.807, 2.05) is 0 Å². The molecule has 0 bridgehead atoms. The van der Waals surface area contributed by atoms with E-state index in [2.05, 4.69) is 166 Å². The normalized spacial score (nSPS) is 18.5. The Hall–Kier alpha value is -2.11. The molecule has 0 nitrogen and oxygen atoms in total. The molecule has 44 heavy (non-hydrogen) atoms. The molecule has 0 fully saturated rings. The molecule has 2 unspecified atom stereocenters. The van der Waals surface area contributed by atoms with Crippen LogP contribution >= 0.6 is 0 Å². The molecule has 0 amide bonds. The third-order valence-corrected chi connectivity index (χ3v) is 32.6. The first-order valence-corrected chi connectivity index (χ1v) is 37.0. The molecule has 2 atom stereocenters. The molecular weight excluding hydrogens is 656 g/mol. The Morgan fingerprint density at radius 2 is 0.864 bits per heavy atom. The molecule has 0 saturated carbocycles. The van der Waals surface area contributed by atoms with Crippen LogP contribution in [0.4, 0.5) is 0 Å². The second-order valence-electron chi connectivity index (χ2n) is 16.9. The van der Waals surface area contributed by atoms with Gasteiger partial charge < -0.3 is 0 Å². The minimum absolute atomic E-state index is 0.532. The molecule has 2 aliphatic carbocycles. The van der Waals surface area contributed by atoms with Crippen molar-refractivity contribution in [1.29, 1.82) is 0 Å². The third-order valence-electron chi connectivity index (χ3n) is 10.6. The summed E-state index contributed by atoms with van der Waals surface area (Å²) in [6.07, 6.45) is 5.09. The van der Waals surface area contributed by atoms with Crippen LogP contribution < -0.4 is 10.4 Å². The van der Waals surface area contributed by atoms with Gasteiger partial charge >= 0.3 is 273 Å². The maximum absolute atomic E-state index is 3.56. The predicted octanol–water partition coefficient (Wildman–Crippen LogP) is 10.1. The molecule has 0 N–H and O–H groups in total. The number of hydrogen-bond donors (Lipinski definition) is 0. The van der Waals surface area contributed by atoms with E-state index < -0.39 is 33.5 Å². The summed E-state index contributed by atoms with van der Waals surface area (Å²) >= 11 is -3.56. The van der Waals surface area contributed by atoms with E-state index in [1.165, 1.54) is 43.8 Å². The van der Waals surface area contributed by atoms with Crippen molar-refractivity contribution in [3.63, 3.8) is 0 Å². The predicted molar refractivity (Wildman–Crippen MR) is 203 cm³/mol. The van der Waals surface area contributed by atoms with Crippen LogP contribution in [0.15, 0.2) is 96.1 Å². The summed E-state index contributed by atoms with van der Waals surface area (Å²) < 4.78 is 6.56. The molecule has 0 radical (unpaired) electrons. The van der Waals surface area contributed by atoms with Gasteiger partial charge in [0.05, 0.1) is 0 Å². The van der Waals surface area contributed by atoms with E-state index in [-0.39, 0.29) is 0 Å². The van der Waals surface area contributed by atoms with Gasteiger partial charge in [-0.15, -0.1) is 0 Å². The first-order valence-electron chi connectivity index (χ1n) is 16.4. The van der Waals surface area contributed by atoms with Gasteiger partial charge in [0.25, 0.3) is 0 Å². The van der Waals surface area contributed by atoms with Crippen LogP contribution in [0.25, 0.3) is 34.4 Å². The van der Waals surface area contributed by atoms with Gasteiger partial charge in [-0.3, -0.25) is 0 Å². The fourth-order valence-corrected chi connectivity index (χ4v) is 32.2. The van der Waals surface area contributed by atoms with E-state index in [0.717, 1.165) is 0 Å². The number of hydrogen-bond acceptors (Lipinski definition) is 0. The van der Waals surface area contributed by atoms with E-state index in [0.29, 0.717) is 7.25 Å². The minimum atomic E-state index is -3.56. The molecule has 0 saturated heterocycles. The van der Waals surface area contributed by atoms with Crippen molar-refractivity contribution >= 4 is 45.6 Å². The van der Waals surface area contributed by atoms with E-state index in [1.54, 1.807) is 22.3 Å². The molecule has 4 aromatic carbocycles. The molecule has 4 aromatic rings. The van der Waals surface area contributed by atoms with E-state index >= 15 is 0 Å². The fourth-order valence-electron chi connectivity index (χ4n) is 8.59. The second-order valence-corrected chi connectivity index (χ2v) is 57.5. The molecule has 4 heteroatoms. The summed E-state index contributed by atoms with van der Waals surface area (Å²) in [5.74, 6) is 0. The average molecular weight is 706 g/mol. The molecular formula is C40H50Si3Zr. The van der Waals surface area contributed by atoms with Gasteiger partial charge in [0.1, 0.15) is 0 Å². The van der Waals surface area contributed by atoms with Crippen LogP contribution in [0.2, 0.25) is 48.5 Å². The van der Waals surface area contributed by atoms with Gasteiger partial charge in [0, 0.05) is 0 Å². The summed E-state index contributed by atoms with van der Waals surface area (Å²) in [5, 5.41) is 3.05. The monoisotopic (exact) mass is 704 g/mol. The number of benzene rings is 4. The van der Waals surface area contributed by atoms with Gasteiger partial charge in [-0.25, -0.2) is 0 Å². The van der Waals surface area contributed by atoms with E-state index in [4.69, 9.17) is 0 Å². The van der Waals surface area contributed by atoms with Gasteiger partial charge in [-0.2, -0.15) is 0 Å². The van der Waals surface area contributed by atoms with Crippen molar-refractivity contribution in [3.05, 3.63) is 118 Å². The Morgan fingerprint density at radius 3 is 1.18 bits per heavy atom. The van der Waals surface area contributed by atoms with Crippen LogP contribution in [0.5, 0.6) is 0 Å². The fraction of sp³-hybridized carbons (Fsp3) is 0.300. The van der Waals surface area contributed by atoms with Crippen LogP contribution in [0.3, 0.4) is 0 Å². The van der Waals surface area contributed by atoms with Gasteiger partial charge in [-0.05, 0) is 0 Å². The molecule has 226 valence electrons. The molecule has 0 spiro atoms. The Bertz CT molecular complexity index is 1770. The standard InChI is InChI=1S/2C19H21Si.2CH3.H2Si.Zr/c2*1-14-12-16-6-5-7-18(19(16)13-14)15-8-10-17(11-9-15)20(2,3)4;;;;/h2*5-13H,1-4H3;2*1H3;1H2;. The van der Waals surface area contributed by atoms with Crippen molar-refractivity contribution in [2.24, 2.45) is 0 Å². The van der Waals surface area contributed by atoms with Gasteiger partial charge in [0.15, 0.2) is 0 Å². The summed E-state index contributed by atoms with van der Waals surface area (Å²) in [4.78, 5) is 0. The van der Waals surface area contributed by atoms with Crippen LogP contribution in [-0.4, -0.2) is 23.0 Å². The number of fused-ring (bicyclic) bond motifs is 2. The zero-order chi connectivity index (χ0) is 31.8. The van der Waals surface area contributed by atoms with Crippen molar-refractivity contribution < 1.29 is 17.4 Å². The summed E-state index contributed by atoms with van der Waals surface area (Å²) in [6, 6.07) is 33.3. The summed E-state index contributed by atoms with van der Waals surface area (Å²) in [7, 11) is -2.66. The van der Waals surface area contributed by atoms with Gasteiger partial charge in [-0.1, -0.05) is 0 Å². The van der Waals surface area contributed by atoms with Crippen molar-refractivity contribution in [2.45, 2.75) is 69.6 Å². The number of allylic oxidation sites excluding steroid dienone is 2. The Morgan fingerprint density at radius 1 is 0.523 bits per heavy atom. The summed E-state index contributed by atoms with van der Waals surface area (Å²) in [5.41, 5.74) is 14.7. The zero-order valence-electron chi connectivity index (χ0n) is 28.6. The van der Waals surface area contributed by atoms with Crippen LogP contribution in [0, 0.1) is 0 Å². The van der Waals surface area contributed by atoms with Gasteiger partial charge in [0.2, 0.25) is 0 Å². The number of rotatable bonds is 6. The quantitative estimate of drug-likeness (QED) is 0.175. The Kier molecular flexibility index (Phi) is 7.77. The zero-order valence-corrected chi connectivity index (χ0v) is 34.5.